The lowest BCUT2D eigenvalue weighted by Gasteiger charge is -2.11. The van der Waals surface area contributed by atoms with Gasteiger partial charge >= 0.3 is 0 Å². The minimum Gasteiger partial charge on any atom is -0.148 e. The Balaban J connectivity index is 2.38. The van der Waals surface area contributed by atoms with Gasteiger partial charge in [-0.15, -0.1) is 11.3 Å². The molecule has 0 fully saturated rings. The Labute approximate surface area is 72.3 Å². The van der Waals surface area contributed by atoms with Crippen molar-refractivity contribution in [2.75, 3.05) is 0 Å². The van der Waals surface area contributed by atoms with Gasteiger partial charge in [0.15, 0.2) is 0 Å². The summed E-state index contributed by atoms with van der Waals surface area (Å²) >= 11 is 1.98. The van der Waals surface area contributed by atoms with Crippen molar-refractivity contribution in [1.29, 1.82) is 0 Å². The van der Waals surface area contributed by atoms with E-state index in [2.05, 4.69) is 12.3 Å². The molecule has 0 N–H and O–H groups in total. The minimum absolute atomic E-state index is 1.23. The molecule has 11 heavy (non-hydrogen) atoms. The number of fused-ring (bicyclic) bond motifs is 1. The summed E-state index contributed by atoms with van der Waals surface area (Å²) in [5, 5.41) is 2.36. The van der Waals surface area contributed by atoms with E-state index in [9.17, 15) is 0 Å². The van der Waals surface area contributed by atoms with Gasteiger partial charge in [0.05, 0.1) is 0 Å². The van der Waals surface area contributed by atoms with E-state index in [0.29, 0.717) is 0 Å². The van der Waals surface area contributed by atoms with Crippen molar-refractivity contribution in [3.63, 3.8) is 0 Å². The van der Waals surface area contributed by atoms with Gasteiger partial charge in [-0.2, -0.15) is 0 Å². The number of hydrogen-bond donors (Lipinski definition) is 0. The minimum atomic E-state index is 1.23. The van der Waals surface area contributed by atoms with Crippen LogP contribution in [-0.4, -0.2) is 0 Å². The molecule has 60 valence electrons. The second-order valence-corrected chi connectivity index (χ2v) is 4.19. The third kappa shape index (κ3) is 1.22. The molecule has 0 radical (unpaired) electrons. The van der Waals surface area contributed by atoms with Crippen LogP contribution in [0.25, 0.3) is 0 Å². The van der Waals surface area contributed by atoms with E-state index in [1.165, 1.54) is 32.1 Å². The van der Waals surface area contributed by atoms with Gasteiger partial charge in [-0.05, 0) is 48.6 Å². The summed E-state index contributed by atoms with van der Waals surface area (Å²) in [5.41, 5.74) is 3.31. The van der Waals surface area contributed by atoms with Gasteiger partial charge in [0, 0.05) is 4.88 Å². The largest absolute Gasteiger partial charge is 0.148 e. The van der Waals surface area contributed by atoms with Crippen LogP contribution in [0.5, 0.6) is 0 Å². The van der Waals surface area contributed by atoms with Crippen LogP contribution in [0.4, 0.5) is 0 Å². The molecule has 1 aliphatic carbocycles. The van der Waals surface area contributed by atoms with E-state index in [4.69, 9.17) is 0 Å². The zero-order chi connectivity index (χ0) is 7.68. The molecule has 1 aromatic heterocycles. The van der Waals surface area contributed by atoms with Crippen LogP contribution in [0.15, 0.2) is 5.38 Å². The average Bonchev–Trinajstić information content (AvgIpc) is 2.47. The molecule has 0 spiro atoms. The number of hydrogen-bond acceptors (Lipinski definition) is 1. The Morgan fingerprint density at radius 3 is 3.00 bits per heavy atom. The van der Waals surface area contributed by atoms with Crippen LogP contribution in [0, 0.1) is 0 Å². The van der Waals surface area contributed by atoms with Crippen LogP contribution in [0.1, 0.15) is 35.8 Å². The van der Waals surface area contributed by atoms with E-state index >= 15 is 0 Å². The molecule has 2 rings (SSSR count). The van der Waals surface area contributed by atoms with E-state index < -0.39 is 0 Å². The first kappa shape index (κ1) is 7.35. The monoisotopic (exact) mass is 166 g/mol. The van der Waals surface area contributed by atoms with Crippen molar-refractivity contribution < 1.29 is 0 Å². The lowest BCUT2D eigenvalue weighted by molar-refractivity contribution is 0.691. The van der Waals surface area contributed by atoms with Crippen LogP contribution in [0.3, 0.4) is 0 Å². The van der Waals surface area contributed by atoms with E-state index in [0.717, 1.165) is 0 Å². The van der Waals surface area contributed by atoms with Gasteiger partial charge in [0.25, 0.3) is 0 Å². The van der Waals surface area contributed by atoms with Crippen molar-refractivity contribution in [3.05, 3.63) is 21.4 Å². The maximum Gasteiger partial charge on any atom is 0.00800 e. The first-order valence-electron chi connectivity index (χ1n) is 4.50. The maximum atomic E-state index is 2.36. The summed E-state index contributed by atoms with van der Waals surface area (Å²) < 4.78 is 0. The third-order valence-electron chi connectivity index (χ3n) is 2.53. The van der Waals surface area contributed by atoms with Gasteiger partial charge in [0.2, 0.25) is 0 Å². The van der Waals surface area contributed by atoms with Gasteiger partial charge in [-0.3, -0.25) is 0 Å². The highest BCUT2D eigenvalue weighted by Crippen LogP contribution is 2.30. The fourth-order valence-electron chi connectivity index (χ4n) is 1.86. The predicted molar refractivity (Wildman–Crippen MR) is 50.3 cm³/mol. The van der Waals surface area contributed by atoms with Crippen molar-refractivity contribution >= 4 is 11.3 Å². The first-order valence-corrected chi connectivity index (χ1v) is 5.38. The van der Waals surface area contributed by atoms with Crippen molar-refractivity contribution in [1.82, 2.24) is 0 Å². The molecule has 0 saturated carbocycles. The summed E-state index contributed by atoms with van der Waals surface area (Å²) in [6.07, 6.45) is 6.75. The van der Waals surface area contributed by atoms with E-state index in [1.54, 1.807) is 16.0 Å². The quantitative estimate of drug-likeness (QED) is 0.601. The van der Waals surface area contributed by atoms with Crippen molar-refractivity contribution in [2.24, 2.45) is 0 Å². The van der Waals surface area contributed by atoms with E-state index in [-0.39, 0.29) is 0 Å². The Bertz CT molecular complexity index is 234. The standard InChI is InChI=1S/C10H14S/c1-2-8-7-11-10-6-4-3-5-9(8)10/h7H,2-6H2,1H3. The molecule has 0 atom stereocenters. The molecule has 0 amide bonds. The normalized spacial score (nSPS) is 16.5. The molecule has 0 aromatic carbocycles. The molecule has 0 unspecified atom stereocenters. The Morgan fingerprint density at radius 1 is 1.36 bits per heavy atom. The van der Waals surface area contributed by atoms with Gasteiger partial charge in [-0.25, -0.2) is 0 Å². The number of aryl methyl sites for hydroxylation is 2. The van der Waals surface area contributed by atoms with E-state index in [1.807, 2.05) is 11.3 Å². The molecule has 1 heteroatoms. The summed E-state index contributed by atoms with van der Waals surface area (Å²) in [6.45, 7) is 2.26. The first-order chi connectivity index (χ1) is 5.42. The Kier molecular flexibility index (Phi) is 1.99. The Morgan fingerprint density at radius 2 is 2.18 bits per heavy atom. The van der Waals surface area contributed by atoms with Crippen molar-refractivity contribution in [2.45, 2.75) is 39.0 Å². The molecule has 0 saturated heterocycles. The molecule has 0 bridgehead atoms. The molecule has 1 heterocycles. The molecule has 0 nitrogen and oxygen atoms in total. The molecule has 1 aliphatic rings. The Hall–Kier alpha value is -0.300. The summed E-state index contributed by atoms with van der Waals surface area (Å²) in [6, 6.07) is 0. The topological polar surface area (TPSA) is 0 Å². The smallest absolute Gasteiger partial charge is 0.00800 e. The van der Waals surface area contributed by atoms with Crippen molar-refractivity contribution in [3.8, 4) is 0 Å². The lowest BCUT2D eigenvalue weighted by Crippen LogP contribution is -2.00. The summed E-state index contributed by atoms with van der Waals surface area (Å²) in [5.74, 6) is 0. The zero-order valence-electron chi connectivity index (χ0n) is 7.02. The highest BCUT2D eigenvalue weighted by Gasteiger charge is 2.13. The van der Waals surface area contributed by atoms with Crippen LogP contribution >= 0.6 is 11.3 Å². The number of thiophene rings is 1. The van der Waals surface area contributed by atoms with Gasteiger partial charge < -0.3 is 0 Å². The fraction of sp³-hybridized carbons (Fsp3) is 0.600. The SMILES string of the molecule is CCc1csc2c1CCCC2. The van der Waals surface area contributed by atoms with Crippen LogP contribution < -0.4 is 0 Å². The third-order valence-corrected chi connectivity index (χ3v) is 3.67. The van der Waals surface area contributed by atoms with Gasteiger partial charge in [-0.1, -0.05) is 6.92 Å². The molecule has 1 aromatic rings. The maximum absolute atomic E-state index is 2.36. The second-order valence-electron chi connectivity index (χ2n) is 3.22. The zero-order valence-corrected chi connectivity index (χ0v) is 7.84. The average molecular weight is 166 g/mol. The summed E-state index contributed by atoms with van der Waals surface area (Å²) in [7, 11) is 0. The highest BCUT2D eigenvalue weighted by atomic mass is 32.1. The predicted octanol–water partition coefficient (Wildman–Crippen LogP) is 3.19. The summed E-state index contributed by atoms with van der Waals surface area (Å²) in [4.78, 5) is 1.67. The fourth-order valence-corrected chi connectivity index (χ4v) is 3.09. The van der Waals surface area contributed by atoms with Crippen LogP contribution in [-0.2, 0) is 19.3 Å². The highest BCUT2D eigenvalue weighted by molar-refractivity contribution is 7.10. The molecular weight excluding hydrogens is 152 g/mol. The van der Waals surface area contributed by atoms with Gasteiger partial charge in [0.1, 0.15) is 0 Å². The molecule has 0 aliphatic heterocycles. The molecular formula is C10H14S. The van der Waals surface area contributed by atoms with Crippen LogP contribution in [0.2, 0.25) is 0 Å². The second kappa shape index (κ2) is 2.98. The number of rotatable bonds is 1. The lowest BCUT2D eigenvalue weighted by atomic mass is 9.95.